The molecule has 0 radical (unpaired) electrons. The third kappa shape index (κ3) is 2.06. The molecule has 1 aromatic carbocycles. The largest absolute Gasteiger partial charge is 0.508 e. The van der Waals surface area contributed by atoms with E-state index in [0.29, 0.717) is 12.1 Å². The zero-order chi connectivity index (χ0) is 11.6. The van der Waals surface area contributed by atoms with Gasteiger partial charge in [-0.05, 0) is 13.0 Å². The first-order valence-corrected chi connectivity index (χ1v) is 5.06. The zero-order valence-corrected chi connectivity index (χ0v) is 9.04. The van der Waals surface area contributed by atoms with Gasteiger partial charge in [-0.2, -0.15) is 0 Å². The molecule has 2 aromatic rings. The SMILES string of the molecule is CC(O)(Cn1ccnc1)c1ccccc1O. The predicted molar refractivity (Wildman–Crippen MR) is 59.9 cm³/mol. The second kappa shape index (κ2) is 3.98. The number of phenolic OH excluding ortho intramolecular Hbond substituents is 1. The average Bonchev–Trinajstić information content (AvgIpc) is 2.70. The molecule has 84 valence electrons. The maximum Gasteiger partial charge on any atom is 0.121 e. The molecule has 0 aliphatic carbocycles. The first-order valence-electron chi connectivity index (χ1n) is 5.06. The number of phenols is 1. The van der Waals surface area contributed by atoms with Crippen molar-refractivity contribution in [2.24, 2.45) is 0 Å². The van der Waals surface area contributed by atoms with Crippen LogP contribution in [0, 0.1) is 0 Å². The Morgan fingerprint density at radius 2 is 2.12 bits per heavy atom. The first kappa shape index (κ1) is 10.7. The van der Waals surface area contributed by atoms with Crippen LogP contribution in [0.1, 0.15) is 12.5 Å². The van der Waals surface area contributed by atoms with Crippen LogP contribution in [-0.4, -0.2) is 19.8 Å². The highest BCUT2D eigenvalue weighted by molar-refractivity contribution is 5.36. The van der Waals surface area contributed by atoms with E-state index in [2.05, 4.69) is 4.98 Å². The number of benzene rings is 1. The Morgan fingerprint density at radius 1 is 1.38 bits per heavy atom. The molecule has 0 aliphatic heterocycles. The van der Waals surface area contributed by atoms with E-state index >= 15 is 0 Å². The molecule has 0 saturated heterocycles. The van der Waals surface area contributed by atoms with Gasteiger partial charge in [0.1, 0.15) is 11.4 Å². The Labute approximate surface area is 93.8 Å². The summed E-state index contributed by atoms with van der Waals surface area (Å²) in [5.74, 6) is 0.104. The van der Waals surface area contributed by atoms with Crippen molar-refractivity contribution in [3.63, 3.8) is 0 Å². The topological polar surface area (TPSA) is 58.3 Å². The number of nitrogens with zero attached hydrogens (tertiary/aromatic N) is 2. The van der Waals surface area contributed by atoms with E-state index in [4.69, 9.17) is 0 Å². The number of rotatable bonds is 3. The summed E-state index contributed by atoms with van der Waals surface area (Å²) in [6.07, 6.45) is 5.06. The molecule has 0 amide bonds. The molecule has 0 fully saturated rings. The number of aromatic hydroxyl groups is 1. The second-order valence-electron chi connectivity index (χ2n) is 4.03. The van der Waals surface area contributed by atoms with Gasteiger partial charge in [0.05, 0.1) is 12.9 Å². The van der Waals surface area contributed by atoms with Crippen molar-refractivity contribution < 1.29 is 10.2 Å². The summed E-state index contributed by atoms with van der Waals surface area (Å²) in [6.45, 7) is 2.02. The molecular weight excluding hydrogens is 204 g/mol. The van der Waals surface area contributed by atoms with Crippen LogP contribution >= 0.6 is 0 Å². The van der Waals surface area contributed by atoms with Gasteiger partial charge in [0.2, 0.25) is 0 Å². The highest BCUT2D eigenvalue weighted by atomic mass is 16.3. The summed E-state index contributed by atoms with van der Waals surface area (Å²) in [4.78, 5) is 3.91. The summed E-state index contributed by atoms with van der Waals surface area (Å²) in [7, 11) is 0. The van der Waals surface area contributed by atoms with E-state index in [0.717, 1.165) is 0 Å². The molecule has 0 aliphatic rings. The molecule has 4 nitrogen and oxygen atoms in total. The van der Waals surface area contributed by atoms with E-state index in [9.17, 15) is 10.2 Å². The quantitative estimate of drug-likeness (QED) is 0.820. The summed E-state index contributed by atoms with van der Waals surface area (Å²) in [5, 5.41) is 20.0. The van der Waals surface area contributed by atoms with Crippen molar-refractivity contribution in [2.45, 2.75) is 19.1 Å². The Bertz CT molecular complexity index is 464. The third-order valence-electron chi connectivity index (χ3n) is 2.53. The van der Waals surface area contributed by atoms with Crippen molar-refractivity contribution >= 4 is 0 Å². The Kier molecular flexibility index (Phi) is 2.66. The minimum absolute atomic E-state index is 0.104. The molecule has 2 N–H and O–H groups in total. The fourth-order valence-electron chi connectivity index (χ4n) is 1.75. The molecule has 1 heterocycles. The summed E-state index contributed by atoms with van der Waals surface area (Å²) < 4.78 is 1.77. The molecular formula is C12H14N2O2. The Balaban J connectivity index is 2.28. The number of aliphatic hydroxyl groups is 1. The lowest BCUT2D eigenvalue weighted by atomic mass is 9.95. The summed E-state index contributed by atoms with van der Waals surface area (Å²) in [6, 6.07) is 6.80. The van der Waals surface area contributed by atoms with E-state index < -0.39 is 5.60 Å². The fraction of sp³-hybridized carbons (Fsp3) is 0.250. The summed E-state index contributed by atoms with van der Waals surface area (Å²) >= 11 is 0. The lowest BCUT2D eigenvalue weighted by Gasteiger charge is -2.24. The van der Waals surface area contributed by atoms with Gasteiger partial charge in [-0.1, -0.05) is 18.2 Å². The number of hydrogen-bond acceptors (Lipinski definition) is 3. The number of para-hydroxylation sites is 1. The van der Waals surface area contributed by atoms with Crippen molar-refractivity contribution in [1.82, 2.24) is 9.55 Å². The molecule has 1 unspecified atom stereocenters. The normalized spacial score (nSPS) is 14.6. The van der Waals surface area contributed by atoms with Crippen LogP contribution in [0.3, 0.4) is 0 Å². The number of imidazole rings is 1. The van der Waals surface area contributed by atoms with Gasteiger partial charge >= 0.3 is 0 Å². The molecule has 4 heteroatoms. The van der Waals surface area contributed by atoms with Crippen LogP contribution in [-0.2, 0) is 12.1 Å². The fourth-order valence-corrected chi connectivity index (χ4v) is 1.75. The number of hydrogen-bond donors (Lipinski definition) is 2. The lowest BCUT2D eigenvalue weighted by Crippen LogP contribution is -2.27. The zero-order valence-electron chi connectivity index (χ0n) is 9.04. The Morgan fingerprint density at radius 3 is 2.75 bits per heavy atom. The Hall–Kier alpha value is -1.81. The minimum atomic E-state index is -1.12. The highest BCUT2D eigenvalue weighted by Gasteiger charge is 2.26. The van der Waals surface area contributed by atoms with Gasteiger partial charge in [0.25, 0.3) is 0 Å². The van der Waals surface area contributed by atoms with Crippen LogP contribution in [0.5, 0.6) is 5.75 Å². The van der Waals surface area contributed by atoms with Gasteiger partial charge in [0.15, 0.2) is 0 Å². The van der Waals surface area contributed by atoms with Gasteiger partial charge in [-0.3, -0.25) is 0 Å². The molecule has 0 bridgehead atoms. The van der Waals surface area contributed by atoms with Crippen LogP contribution in [0.25, 0.3) is 0 Å². The predicted octanol–water partition coefficient (Wildman–Crippen LogP) is 1.50. The number of aromatic nitrogens is 2. The third-order valence-corrected chi connectivity index (χ3v) is 2.53. The van der Waals surface area contributed by atoms with E-state index in [1.807, 2.05) is 0 Å². The highest BCUT2D eigenvalue weighted by Crippen LogP contribution is 2.29. The minimum Gasteiger partial charge on any atom is -0.508 e. The summed E-state index contributed by atoms with van der Waals surface area (Å²) in [5.41, 5.74) is -0.602. The smallest absolute Gasteiger partial charge is 0.121 e. The first-order chi connectivity index (χ1) is 7.59. The maximum absolute atomic E-state index is 10.3. The van der Waals surface area contributed by atoms with Crippen LogP contribution < -0.4 is 0 Å². The van der Waals surface area contributed by atoms with Gasteiger partial charge < -0.3 is 14.8 Å². The second-order valence-corrected chi connectivity index (χ2v) is 4.03. The van der Waals surface area contributed by atoms with Crippen LogP contribution in [0.15, 0.2) is 43.0 Å². The van der Waals surface area contributed by atoms with E-state index in [1.165, 1.54) is 0 Å². The van der Waals surface area contributed by atoms with E-state index in [-0.39, 0.29) is 5.75 Å². The van der Waals surface area contributed by atoms with Crippen LogP contribution in [0.2, 0.25) is 0 Å². The van der Waals surface area contributed by atoms with Gasteiger partial charge in [0, 0.05) is 18.0 Å². The molecule has 0 spiro atoms. The van der Waals surface area contributed by atoms with Crippen molar-refractivity contribution in [2.75, 3.05) is 0 Å². The van der Waals surface area contributed by atoms with Crippen LogP contribution in [0.4, 0.5) is 0 Å². The molecule has 16 heavy (non-hydrogen) atoms. The maximum atomic E-state index is 10.3. The molecule has 2 rings (SSSR count). The lowest BCUT2D eigenvalue weighted by molar-refractivity contribution is 0.0360. The monoisotopic (exact) mass is 218 g/mol. The van der Waals surface area contributed by atoms with Gasteiger partial charge in [-0.15, -0.1) is 0 Å². The van der Waals surface area contributed by atoms with Gasteiger partial charge in [-0.25, -0.2) is 4.98 Å². The molecule has 0 saturated carbocycles. The molecule has 1 aromatic heterocycles. The van der Waals surface area contributed by atoms with Crippen molar-refractivity contribution in [1.29, 1.82) is 0 Å². The standard InChI is InChI=1S/C12H14N2O2/c1-12(16,8-14-7-6-13-9-14)10-4-2-3-5-11(10)15/h2-7,9,15-16H,8H2,1H3. The van der Waals surface area contributed by atoms with Crippen molar-refractivity contribution in [3.05, 3.63) is 48.5 Å². The molecule has 1 atom stereocenters. The van der Waals surface area contributed by atoms with E-state index in [1.54, 1.807) is 54.5 Å². The van der Waals surface area contributed by atoms with Crippen molar-refractivity contribution in [3.8, 4) is 5.75 Å². The average molecular weight is 218 g/mol.